The Bertz CT molecular complexity index is 739. The number of nitrogens with zero attached hydrogens (tertiary/aromatic N) is 1. The summed E-state index contributed by atoms with van der Waals surface area (Å²) in [6.07, 6.45) is 10.6. The van der Waals surface area contributed by atoms with Crippen molar-refractivity contribution in [2.24, 2.45) is 29.1 Å². The van der Waals surface area contributed by atoms with Gasteiger partial charge in [0.25, 0.3) is 5.91 Å². The van der Waals surface area contributed by atoms with E-state index in [0.717, 1.165) is 19.3 Å². The quantitative estimate of drug-likeness (QED) is 0.296. The zero-order valence-corrected chi connectivity index (χ0v) is 16.8. The predicted octanol–water partition coefficient (Wildman–Crippen LogP) is 1.99. The van der Waals surface area contributed by atoms with E-state index in [1.165, 1.54) is 11.9 Å². The molecule has 2 aliphatic carbocycles. The second-order valence-corrected chi connectivity index (χ2v) is 8.55. The number of fused-ring (bicyclic) bond motifs is 1. The first kappa shape index (κ1) is 20.8. The molecule has 6 unspecified atom stereocenters. The molecule has 0 spiro atoms. The summed E-state index contributed by atoms with van der Waals surface area (Å²) in [7, 11) is 1.48. The normalized spacial score (nSPS) is 40.3. The van der Waals surface area contributed by atoms with Gasteiger partial charge in [-0.25, -0.2) is 0 Å². The first-order chi connectivity index (χ1) is 13.3. The molecule has 1 saturated carbocycles. The van der Waals surface area contributed by atoms with Crippen LogP contribution in [0.15, 0.2) is 35.6 Å². The van der Waals surface area contributed by atoms with Crippen molar-refractivity contribution in [3.8, 4) is 0 Å². The fourth-order valence-corrected chi connectivity index (χ4v) is 5.39. The second-order valence-electron chi connectivity index (χ2n) is 8.55. The summed E-state index contributed by atoms with van der Waals surface area (Å²) in [4.78, 5) is 26.7. The number of rotatable bonds is 4. The molecule has 0 aromatic heterocycles. The number of amides is 1. The number of ketones is 1. The lowest BCUT2D eigenvalue weighted by Crippen LogP contribution is -2.46. The van der Waals surface area contributed by atoms with Crippen molar-refractivity contribution >= 4 is 11.7 Å². The molecular weight excluding hydrogens is 358 g/mol. The number of likely N-dealkylation sites (N-methyl/N-ethyl adjacent to an activating group) is 1. The van der Waals surface area contributed by atoms with Crippen molar-refractivity contribution in [3.05, 3.63) is 35.6 Å². The van der Waals surface area contributed by atoms with Crippen LogP contribution in [-0.2, 0) is 9.59 Å². The standard InChI is InChI=1S/C22H31NO5/c1-4-5-15-8-7-14-10-13(11-24)6-9-16(14)22(15,2)20(27)18-19(26)17(12-25)23(3)21(18)28/h4-5,7-8,13-17,24-25,27H,6,9-12H2,1-3H3. The highest BCUT2D eigenvalue weighted by molar-refractivity contribution is 6.26. The maximum atomic E-state index is 12.8. The summed E-state index contributed by atoms with van der Waals surface area (Å²) in [5.41, 5.74) is -0.977. The Labute approximate surface area is 166 Å². The Balaban J connectivity index is 2.11. The van der Waals surface area contributed by atoms with E-state index < -0.39 is 29.8 Å². The molecule has 0 aromatic rings. The summed E-state index contributed by atoms with van der Waals surface area (Å²) in [5.74, 6) is -0.861. The minimum Gasteiger partial charge on any atom is -0.511 e. The van der Waals surface area contributed by atoms with Crippen LogP contribution in [0.4, 0.5) is 0 Å². The smallest absolute Gasteiger partial charge is 0.261 e. The summed E-state index contributed by atoms with van der Waals surface area (Å²) in [6, 6.07) is -0.937. The van der Waals surface area contributed by atoms with Crippen molar-refractivity contribution in [3.63, 3.8) is 0 Å². The lowest BCUT2D eigenvalue weighted by molar-refractivity contribution is -0.126. The molecule has 1 heterocycles. The molecule has 2 fully saturated rings. The van der Waals surface area contributed by atoms with Gasteiger partial charge in [-0.3, -0.25) is 9.59 Å². The van der Waals surface area contributed by atoms with E-state index in [9.17, 15) is 24.9 Å². The Morgan fingerprint density at radius 1 is 1.25 bits per heavy atom. The average molecular weight is 389 g/mol. The summed E-state index contributed by atoms with van der Waals surface area (Å²) in [6.45, 7) is 3.54. The Morgan fingerprint density at radius 2 is 1.96 bits per heavy atom. The molecule has 6 atom stereocenters. The zero-order valence-electron chi connectivity index (χ0n) is 16.8. The lowest BCUT2D eigenvalue weighted by atomic mass is 9.54. The number of aliphatic hydroxyl groups is 3. The number of carbonyl (C=O) groups excluding carboxylic acids is 2. The fraction of sp³-hybridized carbons (Fsp3) is 0.636. The third kappa shape index (κ3) is 3.03. The SMILES string of the molecule is CC=CC1C=CC2CC(CO)CCC2C1(C)C(O)=C1C(=O)C(CO)N(C)C1=O. The van der Waals surface area contributed by atoms with Gasteiger partial charge in [-0.15, -0.1) is 0 Å². The van der Waals surface area contributed by atoms with Crippen LogP contribution in [0.3, 0.4) is 0 Å². The van der Waals surface area contributed by atoms with Crippen LogP contribution in [0.2, 0.25) is 0 Å². The first-order valence-electron chi connectivity index (χ1n) is 10.1. The number of hydrogen-bond donors (Lipinski definition) is 3. The predicted molar refractivity (Wildman–Crippen MR) is 105 cm³/mol. The lowest BCUT2D eigenvalue weighted by Gasteiger charge is -2.50. The largest absolute Gasteiger partial charge is 0.511 e. The molecule has 6 heteroatoms. The van der Waals surface area contributed by atoms with Crippen LogP contribution in [0.25, 0.3) is 0 Å². The van der Waals surface area contributed by atoms with Crippen LogP contribution >= 0.6 is 0 Å². The molecule has 154 valence electrons. The highest BCUT2D eigenvalue weighted by atomic mass is 16.3. The van der Waals surface area contributed by atoms with Gasteiger partial charge in [0.1, 0.15) is 17.4 Å². The van der Waals surface area contributed by atoms with Gasteiger partial charge in [0.05, 0.1) is 6.61 Å². The van der Waals surface area contributed by atoms with Gasteiger partial charge in [0.15, 0.2) is 5.78 Å². The zero-order chi connectivity index (χ0) is 20.6. The van der Waals surface area contributed by atoms with Gasteiger partial charge in [-0.1, -0.05) is 31.2 Å². The van der Waals surface area contributed by atoms with E-state index in [1.807, 2.05) is 26.0 Å². The Kier molecular flexibility index (Phi) is 5.82. The minimum absolute atomic E-state index is 0.0630. The molecule has 1 amide bonds. The van der Waals surface area contributed by atoms with Gasteiger partial charge < -0.3 is 20.2 Å². The van der Waals surface area contributed by atoms with Crippen molar-refractivity contribution < 1.29 is 24.9 Å². The number of allylic oxidation sites excluding steroid dienone is 5. The summed E-state index contributed by atoms with van der Waals surface area (Å²) in [5, 5.41) is 30.5. The molecule has 6 nitrogen and oxygen atoms in total. The van der Waals surface area contributed by atoms with E-state index in [1.54, 1.807) is 0 Å². The fourth-order valence-electron chi connectivity index (χ4n) is 5.39. The Morgan fingerprint density at radius 3 is 2.54 bits per heavy atom. The average Bonchev–Trinajstić information content (AvgIpc) is 2.91. The molecule has 0 aromatic carbocycles. The number of likely N-dealkylation sites (tertiary alicyclic amines) is 1. The van der Waals surface area contributed by atoms with E-state index in [-0.39, 0.29) is 41.6 Å². The van der Waals surface area contributed by atoms with E-state index in [0.29, 0.717) is 0 Å². The van der Waals surface area contributed by atoms with Crippen molar-refractivity contribution in [2.45, 2.75) is 39.2 Å². The van der Waals surface area contributed by atoms with E-state index in [2.05, 4.69) is 12.2 Å². The molecule has 3 aliphatic rings. The molecule has 3 rings (SSSR count). The van der Waals surface area contributed by atoms with Gasteiger partial charge in [-0.2, -0.15) is 0 Å². The molecule has 0 bridgehead atoms. The van der Waals surface area contributed by atoms with Gasteiger partial charge in [0.2, 0.25) is 0 Å². The van der Waals surface area contributed by atoms with E-state index >= 15 is 0 Å². The molecule has 28 heavy (non-hydrogen) atoms. The molecule has 3 N–H and O–H groups in total. The molecule has 0 radical (unpaired) electrons. The van der Waals surface area contributed by atoms with Gasteiger partial charge in [-0.05, 0) is 43.9 Å². The number of aliphatic hydroxyl groups excluding tert-OH is 3. The van der Waals surface area contributed by atoms with Crippen LogP contribution in [-0.4, -0.2) is 58.2 Å². The number of Topliss-reactive ketones (excluding diaryl/α,β-unsaturated/α-hetero) is 1. The van der Waals surface area contributed by atoms with Crippen molar-refractivity contribution in [2.75, 3.05) is 20.3 Å². The maximum absolute atomic E-state index is 12.8. The van der Waals surface area contributed by atoms with Crippen LogP contribution in [0, 0.1) is 29.1 Å². The minimum atomic E-state index is -0.937. The second kappa shape index (κ2) is 7.84. The highest BCUT2D eigenvalue weighted by Gasteiger charge is 2.54. The number of hydrogen-bond acceptors (Lipinski definition) is 5. The first-order valence-corrected chi connectivity index (χ1v) is 10.1. The van der Waals surface area contributed by atoms with Crippen molar-refractivity contribution in [1.82, 2.24) is 4.90 Å². The monoisotopic (exact) mass is 389 g/mol. The molecule has 1 aliphatic heterocycles. The maximum Gasteiger partial charge on any atom is 0.261 e. The van der Waals surface area contributed by atoms with Crippen LogP contribution in [0.5, 0.6) is 0 Å². The summed E-state index contributed by atoms with van der Waals surface area (Å²) < 4.78 is 0. The highest BCUT2D eigenvalue weighted by Crippen LogP contribution is 2.56. The van der Waals surface area contributed by atoms with E-state index in [4.69, 9.17) is 0 Å². The summed E-state index contributed by atoms with van der Waals surface area (Å²) >= 11 is 0. The van der Waals surface area contributed by atoms with Crippen LogP contribution < -0.4 is 0 Å². The van der Waals surface area contributed by atoms with Crippen molar-refractivity contribution in [1.29, 1.82) is 0 Å². The van der Waals surface area contributed by atoms with Gasteiger partial charge >= 0.3 is 0 Å². The Hall–Kier alpha value is -1.92. The molecular formula is C22H31NO5. The van der Waals surface area contributed by atoms with Crippen LogP contribution in [0.1, 0.15) is 33.1 Å². The van der Waals surface area contributed by atoms with Gasteiger partial charge in [0, 0.05) is 25.0 Å². The number of carbonyl (C=O) groups is 2. The topological polar surface area (TPSA) is 98.1 Å². The molecule has 1 saturated heterocycles. The third-order valence-electron chi connectivity index (χ3n) is 7.17. The third-order valence-corrected chi connectivity index (χ3v) is 7.17.